The smallest absolute Gasteiger partial charge is 0.221 e. The van der Waals surface area contributed by atoms with E-state index in [0.717, 1.165) is 11.3 Å². The molecule has 4 aromatic rings. The summed E-state index contributed by atoms with van der Waals surface area (Å²) in [6.07, 6.45) is 1.72. The highest BCUT2D eigenvalue weighted by Gasteiger charge is 2.13. The number of hydrogen-bond donors (Lipinski definition) is 1. The quantitative estimate of drug-likeness (QED) is 0.503. The molecular formula is C25H22N2O4. The predicted molar refractivity (Wildman–Crippen MR) is 121 cm³/mol. The Bertz CT molecular complexity index is 1280. The molecule has 6 nitrogen and oxygen atoms in total. The second-order valence-corrected chi connectivity index (χ2v) is 7.07. The fraction of sp³-hybridized carbons (Fsp3) is 0.120. The molecule has 1 heterocycles. The number of aromatic nitrogens is 1. The van der Waals surface area contributed by atoms with Gasteiger partial charge in [0.1, 0.15) is 6.61 Å². The lowest BCUT2D eigenvalue weighted by atomic mass is 10.1. The van der Waals surface area contributed by atoms with E-state index in [1.54, 1.807) is 25.4 Å². The Morgan fingerprint density at radius 1 is 0.968 bits per heavy atom. The molecule has 0 atom stereocenters. The van der Waals surface area contributed by atoms with Crippen molar-refractivity contribution in [2.75, 3.05) is 12.4 Å². The molecule has 0 saturated carbocycles. The number of nitrogens with one attached hydrogen (secondary N) is 1. The highest BCUT2D eigenvalue weighted by atomic mass is 16.5. The van der Waals surface area contributed by atoms with Crippen molar-refractivity contribution in [2.45, 2.75) is 13.5 Å². The lowest BCUT2D eigenvalue weighted by molar-refractivity contribution is -0.114. The van der Waals surface area contributed by atoms with E-state index < -0.39 is 0 Å². The van der Waals surface area contributed by atoms with E-state index in [9.17, 15) is 9.59 Å². The third kappa shape index (κ3) is 4.43. The molecule has 156 valence electrons. The molecule has 0 aliphatic heterocycles. The average molecular weight is 414 g/mol. The van der Waals surface area contributed by atoms with Crippen LogP contribution in [0.2, 0.25) is 0 Å². The van der Waals surface area contributed by atoms with Gasteiger partial charge in [0.15, 0.2) is 16.9 Å². The standard InChI is InChI=1S/C25H22N2O4/c1-17(28)26-19-8-10-20(11-9-19)27-13-12-23(29)21-14-25(24(30-2)15-22(21)27)31-16-18-6-4-3-5-7-18/h3-15H,16H2,1-2H3,(H,26,28). The van der Waals surface area contributed by atoms with Crippen LogP contribution in [0.4, 0.5) is 5.69 Å². The Labute approximate surface area is 179 Å². The first-order valence-electron chi connectivity index (χ1n) is 9.83. The summed E-state index contributed by atoms with van der Waals surface area (Å²) in [4.78, 5) is 23.9. The predicted octanol–water partition coefficient (Wildman–Crippen LogP) is 4.54. The molecule has 31 heavy (non-hydrogen) atoms. The largest absolute Gasteiger partial charge is 0.493 e. The summed E-state index contributed by atoms with van der Waals surface area (Å²) in [6.45, 7) is 1.83. The fourth-order valence-corrected chi connectivity index (χ4v) is 3.40. The van der Waals surface area contributed by atoms with Crippen molar-refractivity contribution in [2.24, 2.45) is 0 Å². The van der Waals surface area contributed by atoms with Crippen LogP contribution in [-0.2, 0) is 11.4 Å². The molecule has 0 aliphatic rings. The van der Waals surface area contributed by atoms with Crippen molar-refractivity contribution in [3.63, 3.8) is 0 Å². The maximum Gasteiger partial charge on any atom is 0.221 e. The minimum atomic E-state index is -0.130. The zero-order valence-corrected chi connectivity index (χ0v) is 17.3. The Hall–Kier alpha value is -4.06. The molecule has 0 saturated heterocycles. The number of amides is 1. The summed E-state index contributed by atoms with van der Waals surface area (Å²) >= 11 is 0. The molecule has 1 amide bonds. The Kier molecular flexibility index (Phi) is 5.71. The molecule has 3 aromatic carbocycles. The number of hydrogen-bond acceptors (Lipinski definition) is 4. The number of methoxy groups -OCH3 is 1. The third-order valence-electron chi connectivity index (χ3n) is 4.88. The van der Waals surface area contributed by atoms with Crippen molar-refractivity contribution in [3.05, 3.63) is 94.8 Å². The second-order valence-electron chi connectivity index (χ2n) is 7.07. The highest BCUT2D eigenvalue weighted by Crippen LogP contribution is 2.32. The topological polar surface area (TPSA) is 69.6 Å². The number of anilines is 1. The summed E-state index contributed by atoms with van der Waals surface area (Å²) < 4.78 is 13.4. The molecule has 0 spiro atoms. The van der Waals surface area contributed by atoms with E-state index >= 15 is 0 Å². The maximum absolute atomic E-state index is 12.6. The van der Waals surface area contributed by atoms with Crippen molar-refractivity contribution in [3.8, 4) is 17.2 Å². The number of benzene rings is 3. The van der Waals surface area contributed by atoms with Crippen LogP contribution in [0, 0.1) is 0 Å². The van der Waals surface area contributed by atoms with Gasteiger partial charge in [-0.1, -0.05) is 30.3 Å². The van der Waals surface area contributed by atoms with E-state index in [1.165, 1.54) is 13.0 Å². The van der Waals surface area contributed by atoms with E-state index in [0.29, 0.717) is 34.7 Å². The van der Waals surface area contributed by atoms with Gasteiger partial charge in [-0.3, -0.25) is 9.59 Å². The van der Waals surface area contributed by atoms with Gasteiger partial charge >= 0.3 is 0 Å². The number of fused-ring (bicyclic) bond motifs is 1. The number of rotatable bonds is 6. The van der Waals surface area contributed by atoms with Crippen LogP contribution in [0.1, 0.15) is 12.5 Å². The van der Waals surface area contributed by atoms with Crippen LogP contribution < -0.4 is 20.2 Å². The monoisotopic (exact) mass is 414 g/mol. The van der Waals surface area contributed by atoms with Crippen LogP contribution in [0.3, 0.4) is 0 Å². The lowest BCUT2D eigenvalue weighted by Crippen LogP contribution is -2.09. The van der Waals surface area contributed by atoms with Crippen molar-refractivity contribution in [1.82, 2.24) is 4.57 Å². The molecule has 0 unspecified atom stereocenters. The van der Waals surface area contributed by atoms with Gasteiger partial charge in [-0.05, 0) is 35.9 Å². The first-order chi connectivity index (χ1) is 15.0. The second kappa shape index (κ2) is 8.75. The maximum atomic E-state index is 12.6. The Morgan fingerprint density at radius 3 is 2.39 bits per heavy atom. The van der Waals surface area contributed by atoms with Gasteiger partial charge in [-0.25, -0.2) is 0 Å². The van der Waals surface area contributed by atoms with Gasteiger partial charge in [0.2, 0.25) is 5.91 Å². The normalized spacial score (nSPS) is 10.6. The average Bonchev–Trinajstić information content (AvgIpc) is 2.78. The van der Waals surface area contributed by atoms with Crippen LogP contribution >= 0.6 is 0 Å². The van der Waals surface area contributed by atoms with Crippen molar-refractivity contribution < 1.29 is 14.3 Å². The summed E-state index contributed by atoms with van der Waals surface area (Å²) in [7, 11) is 1.57. The molecule has 4 rings (SSSR count). The fourth-order valence-electron chi connectivity index (χ4n) is 3.40. The minimum Gasteiger partial charge on any atom is -0.493 e. The summed E-state index contributed by atoms with van der Waals surface area (Å²) in [5, 5.41) is 3.27. The Balaban J connectivity index is 1.74. The van der Waals surface area contributed by atoms with Gasteiger partial charge in [0.05, 0.1) is 12.6 Å². The van der Waals surface area contributed by atoms with Gasteiger partial charge in [-0.2, -0.15) is 0 Å². The van der Waals surface area contributed by atoms with Crippen molar-refractivity contribution >= 4 is 22.5 Å². The molecule has 0 bridgehead atoms. The third-order valence-corrected chi connectivity index (χ3v) is 4.88. The van der Waals surface area contributed by atoms with Gasteiger partial charge in [-0.15, -0.1) is 0 Å². The van der Waals surface area contributed by atoms with E-state index in [-0.39, 0.29) is 11.3 Å². The van der Waals surface area contributed by atoms with Crippen LogP contribution in [0.5, 0.6) is 11.5 Å². The minimum absolute atomic E-state index is 0.103. The van der Waals surface area contributed by atoms with E-state index in [4.69, 9.17) is 9.47 Å². The molecule has 0 aliphatic carbocycles. The first kappa shape index (κ1) is 20.2. The highest BCUT2D eigenvalue weighted by molar-refractivity contribution is 5.89. The van der Waals surface area contributed by atoms with Gasteiger partial charge < -0.3 is 19.4 Å². The number of pyridine rings is 1. The van der Waals surface area contributed by atoms with Gasteiger partial charge in [0.25, 0.3) is 0 Å². The molecular weight excluding hydrogens is 392 g/mol. The van der Waals surface area contributed by atoms with Crippen LogP contribution in [-0.4, -0.2) is 17.6 Å². The molecule has 6 heteroatoms. The SMILES string of the molecule is COc1cc2c(cc1OCc1ccccc1)c(=O)ccn2-c1ccc(NC(C)=O)cc1. The molecule has 1 N–H and O–H groups in total. The summed E-state index contributed by atoms with van der Waals surface area (Å²) in [6, 6.07) is 22.2. The first-order valence-corrected chi connectivity index (χ1v) is 9.83. The number of carbonyl (C=O) groups excluding carboxylic acids is 1. The van der Waals surface area contributed by atoms with Crippen LogP contribution in [0.25, 0.3) is 16.6 Å². The zero-order valence-electron chi connectivity index (χ0n) is 17.3. The van der Waals surface area contributed by atoms with Crippen molar-refractivity contribution in [1.29, 1.82) is 0 Å². The lowest BCUT2D eigenvalue weighted by Gasteiger charge is -2.16. The number of ether oxygens (including phenoxy) is 2. The molecule has 1 aromatic heterocycles. The Morgan fingerprint density at radius 2 is 1.71 bits per heavy atom. The molecule has 0 fully saturated rings. The number of carbonyl (C=O) groups is 1. The number of nitrogens with zero attached hydrogens (tertiary/aromatic N) is 1. The zero-order chi connectivity index (χ0) is 21.8. The van der Waals surface area contributed by atoms with Gasteiger partial charge in [0, 0.05) is 42.0 Å². The molecule has 0 radical (unpaired) electrons. The van der Waals surface area contributed by atoms with Crippen LogP contribution in [0.15, 0.2) is 83.8 Å². The van der Waals surface area contributed by atoms with E-state index in [2.05, 4.69) is 5.32 Å². The van der Waals surface area contributed by atoms with E-state index in [1.807, 2.05) is 59.2 Å². The summed E-state index contributed by atoms with van der Waals surface area (Å²) in [5.74, 6) is 0.918. The summed E-state index contributed by atoms with van der Waals surface area (Å²) in [5.41, 5.74) is 3.17.